The number of amides is 1. The molecule has 1 saturated heterocycles. The van der Waals surface area contributed by atoms with Crippen molar-refractivity contribution in [2.24, 2.45) is 0 Å². The van der Waals surface area contributed by atoms with Crippen LogP contribution in [-0.4, -0.2) is 55.5 Å². The molecular formula is C24H32F2N4O2. The first-order valence-corrected chi connectivity index (χ1v) is 11.4. The Hall–Kier alpha value is -2.48. The number of anilines is 1. The van der Waals surface area contributed by atoms with Gasteiger partial charge in [-0.05, 0) is 49.8 Å². The van der Waals surface area contributed by atoms with Crippen molar-refractivity contribution in [3.8, 4) is 0 Å². The maximum absolute atomic E-state index is 13.6. The van der Waals surface area contributed by atoms with Gasteiger partial charge in [0.2, 0.25) is 5.91 Å². The summed E-state index contributed by atoms with van der Waals surface area (Å²) in [5.74, 6) is 0.283. The van der Waals surface area contributed by atoms with Gasteiger partial charge in [0.1, 0.15) is 5.84 Å². The number of halogens is 2. The van der Waals surface area contributed by atoms with E-state index in [9.17, 15) is 13.6 Å². The average molecular weight is 447 g/mol. The number of nitrogens with zero attached hydrogens (tertiary/aromatic N) is 2. The molecule has 0 saturated carbocycles. The number of carbonyl (C=O) groups is 1. The number of fused-ring (bicyclic) bond motifs is 1. The first-order valence-electron chi connectivity index (χ1n) is 11.4. The fourth-order valence-corrected chi connectivity index (χ4v) is 4.90. The lowest BCUT2D eigenvalue weighted by Gasteiger charge is -2.38. The van der Waals surface area contributed by atoms with Crippen molar-refractivity contribution in [3.05, 3.63) is 40.1 Å². The number of rotatable bonds is 4. The number of nitrogens with one attached hydrogen (secondary N) is 2. The molecule has 0 unspecified atom stereocenters. The van der Waals surface area contributed by atoms with Crippen LogP contribution in [0.3, 0.4) is 0 Å². The minimum absolute atomic E-state index is 0.0185. The lowest BCUT2D eigenvalue weighted by molar-refractivity contribution is -0.128. The number of hydrogen-bond donors (Lipinski definition) is 2. The molecule has 0 aliphatic carbocycles. The van der Waals surface area contributed by atoms with Crippen LogP contribution in [0.1, 0.15) is 55.7 Å². The van der Waals surface area contributed by atoms with E-state index in [0.717, 1.165) is 42.5 Å². The molecule has 174 valence electrons. The maximum Gasteiger partial charge on any atom is 0.264 e. The van der Waals surface area contributed by atoms with Crippen LogP contribution >= 0.6 is 0 Å². The van der Waals surface area contributed by atoms with Gasteiger partial charge >= 0.3 is 0 Å². The van der Waals surface area contributed by atoms with Gasteiger partial charge in [0, 0.05) is 68.2 Å². The Kier molecular flexibility index (Phi) is 6.79. The number of amidine groups is 1. The first kappa shape index (κ1) is 22.7. The largest absolute Gasteiger partial charge is 0.385 e. The normalized spacial score (nSPS) is 19.9. The van der Waals surface area contributed by atoms with Crippen LogP contribution in [0.25, 0.3) is 0 Å². The molecule has 0 bridgehead atoms. The highest BCUT2D eigenvalue weighted by atomic mass is 19.3. The zero-order valence-electron chi connectivity index (χ0n) is 18.8. The van der Waals surface area contributed by atoms with Gasteiger partial charge < -0.3 is 19.9 Å². The van der Waals surface area contributed by atoms with E-state index in [2.05, 4.69) is 5.32 Å². The second-order valence-corrected chi connectivity index (χ2v) is 8.92. The predicted molar refractivity (Wildman–Crippen MR) is 120 cm³/mol. The number of carbonyl (C=O) groups excluding carboxylic acids is 1. The first-order chi connectivity index (χ1) is 15.3. The lowest BCUT2D eigenvalue weighted by Crippen LogP contribution is -2.46. The molecule has 1 aromatic carbocycles. The van der Waals surface area contributed by atoms with Crippen LogP contribution in [0.2, 0.25) is 0 Å². The van der Waals surface area contributed by atoms with Crippen molar-refractivity contribution in [1.82, 2.24) is 10.2 Å². The summed E-state index contributed by atoms with van der Waals surface area (Å²) >= 11 is 0. The number of hydrogen-bond acceptors (Lipinski definition) is 4. The summed E-state index contributed by atoms with van der Waals surface area (Å²) in [4.78, 5) is 15.7. The molecule has 3 heterocycles. The Labute approximate surface area is 188 Å². The zero-order chi connectivity index (χ0) is 22.8. The Balaban J connectivity index is 1.68. The van der Waals surface area contributed by atoms with Gasteiger partial charge in [0.05, 0.1) is 6.54 Å². The third-order valence-electron chi connectivity index (χ3n) is 6.77. The molecule has 1 fully saturated rings. The van der Waals surface area contributed by atoms with Gasteiger partial charge in [-0.2, -0.15) is 0 Å². The summed E-state index contributed by atoms with van der Waals surface area (Å²) in [6.07, 6.45) is 1.59. The SMILES string of the molecule is CC(=O)N1CCC(NC2CCOCC2)=C(C(=N)N2CCCc3cc(C)c(C(F)F)cc32)C1. The van der Waals surface area contributed by atoms with Gasteiger partial charge in [0.25, 0.3) is 6.43 Å². The Morgan fingerprint density at radius 2 is 1.97 bits per heavy atom. The minimum Gasteiger partial charge on any atom is -0.385 e. The third-order valence-corrected chi connectivity index (χ3v) is 6.77. The highest BCUT2D eigenvalue weighted by molar-refractivity contribution is 6.09. The second kappa shape index (κ2) is 9.57. The highest BCUT2D eigenvalue weighted by Crippen LogP contribution is 2.35. The topological polar surface area (TPSA) is 68.7 Å². The highest BCUT2D eigenvalue weighted by Gasteiger charge is 2.31. The predicted octanol–water partition coefficient (Wildman–Crippen LogP) is 3.94. The van der Waals surface area contributed by atoms with E-state index in [1.807, 2.05) is 11.0 Å². The third kappa shape index (κ3) is 4.65. The maximum atomic E-state index is 13.6. The van der Waals surface area contributed by atoms with Crippen LogP contribution in [0.4, 0.5) is 14.5 Å². The molecule has 1 aromatic rings. The molecule has 3 aliphatic heterocycles. The Morgan fingerprint density at radius 3 is 2.66 bits per heavy atom. The van der Waals surface area contributed by atoms with Gasteiger partial charge in [-0.25, -0.2) is 8.78 Å². The van der Waals surface area contributed by atoms with Crippen molar-refractivity contribution in [2.75, 3.05) is 37.7 Å². The van der Waals surface area contributed by atoms with Crippen molar-refractivity contribution in [3.63, 3.8) is 0 Å². The summed E-state index contributed by atoms with van der Waals surface area (Å²) in [5, 5.41) is 12.7. The molecule has 3 aliphatic rings. The quantitative estimate of drug-likeness (QED) is 0.543. The summed E-state index contributed by atoms with van der Waals surface area (Å²) < 4.78 is 32.7. The van der Waals surface area contributed by atoms with Crippen molar-refractivity contribution in [1.29, 1.82) is 5.41 Å². The minimum atomic E-state index is -2.55. The van der Waals surface area contributed by atoms with Crippen molar-refractivity contribution in [2.45, 2.75) is 58.4 Å². The lowest BCUT2D eigenvalue weighted by atomic mass is 9.94. The van der Waals surface area contributed by atoms with Crippen LogP contribution in [0.5, 0.6) is 0 Å². The van der Waals surface area contributed by atoms with Crippen molar-refractivity contribution >= 4 is 17.4 Å². The van der Waals surface area contributed by atoms with E-state index in [1.54, 1.807) is 24.8 Å². The number of aryl methyl sites for hydroxylation is 2. The average Bonchev–Trinajstić information content (AvgIpc) is 2.78. The standard InChI is InChI=1S/C24H32F2N4O2/c1-15-12-17-4-3-8-30(22(17)13-19(15)23(25)26)24(27)20-14-29(16(2)31)9-5-21(20)28-18-6-10-32-11-7-18/h12-13,18,23,27-28H,3-11,14H2,1-2H3. The van der Waals surface area contributed by atoms with E-state index in [0.29, 0.717) is 56.4 Å². The summed E-state index contributed by atoms with van der Waals surface area (Å²) in [6.45, 7) is 6.27. The van der Waals surface area contributed by atoms with E-state index >= 15 is 0 Å². The number of alkyl halides is 2. The molecule has 6 nitrogen and oxygen atoms in total. The molecule has 1 amide bonds. The van der Waals surface area contributed by atoms with Crippen molar-refractivity contribution < 1.29 is 18.3 Å². The molecule has 4 rings (SSSR count). The van der Waals surface area contributed by atoms with E-state index in [4.69, 9.17) is 10.1 Å². The molecule has 0 atom stereocenters. The number of ether oxygens (including phenoxy) is 1. The van der Waals surface area contributed by atoms with Crippen LogP contribution in [0, 0.1) is 12.3 Å². The van der Waals surface area contributed by atoms with Gasteiger partial charge in [-0.1, -0.05) is 6.07 Å². The van der Waals surface area contributed by atoms with Crippen LogP contribution < -0.4 is 10.2 Å². The van der Waals surface area contributed by atoms with Gasteiger partial charge in [0.15, 0.2) is 0 Å². The number of benzene rings is 1. The molecule has 2 N–H and O–H groups in total. The smallest absolute Gasteiger partial charge is 0.264 e. The second-order valence-electron chi connectivity index (χ2n) is 8.92. The van der Waals surface area contributed by atoms with Crippen LogP contribution in [-0.2, 0) is 16.0 Å². The monoisotopic (exact) mass is 446 g/mol. The van der Waals surface area contributed by atoms with E-state index < -0.39 is 6.43 Å². The van der Waals surface area contributed by atoms with Gasteiger partial charge in [-0.3, -0.25) is 10.2 Å². The molecule has 0 spiro atoms. The van der Waals surface area contributed by atoms with E-state index in [1.165, 1.54) is 0 Å². The fraction of sp³-hybridized carbons (Fsp3) is 0.583. The summed E-state index contributed by atoms with van der Waals surface area (Å²) in [7, 11) is 0. The fourth-order valence-electron chi connectivity index (χ4n) is 4.90. The Bertz CT molecular complexity index is 925. The molecule has 8 heteroatoms. The van der Waals surface area contributed by atoms with E-state index in [-0.39, 0.29) is 17.5 Å². The van der Waals surface area contributed by atoms with Gasteiger partial charge in [-0.15, -0.1) is 0 Å². The molecule has 0 radical (unpaired) electrons. The summed E-state index contributed by atoms with van der Waals surface area (Å²) in [6, 6.07) is 3.68. The molecular weight excluding hydrogens is 414 g/mol. The summed E-state index contributed by atoms with van der Waals surface area (Å²) in [5.41, 5.74) is 4.08. The van der Waals surface area contributed by atoms with Crippen LogP contribution in [0.15, 0.2) is 23.4 Å². The Morgan fingerprint density at radius 1 is 1.22 bits per heavy atom. The zero-order valence-corrected chi connectivity index (χ0v) is 18.8. The molecule has 32 heavy (non-hydrogen) atoms. The molecule has 0 aromatic heterocycles.